The molecule has 0 saturated carbocycles. The summed E-state index contributed by atoms with van der Waals surface area (Å²) >= 11 is 0. The number of nitrogens with one attached hydrogen (secondary N) is 1. The first-order valence-electron chi connectivity index (χ1n) is 11.6. The molecule has 1 heterocycles. The van der Waals surface area contributed by atoms with Crippen molar-refractivity contribution in [2.24, 2.45) is 0 Å². The molecule has 1 amide bonds. The molecular weight excluding hydrogens is 428 g/mol. The molecule has 7 heteroatoms. The lowest BCUT2D eigenvalue weighted by molar-refractivity contribution is -0.140. The topological polar surface area (TPSA) is 76.5 Å². The minimum Gasteiger partial charge on any atom is -0.469 e. The first-order valence-corrected chi connectivity index (χ1v) is 11.6. The highest BCUT2D eigenvalue weighted by molar-refractivity contribution is 5.94. The van der Waals surface area contributed by atoms with E-state index in [9.17, 15) is 9.59 Å². The Morgan fingerprint density at radius 1 is 1.06 bits per heavy atom. The zero-order valence-corrected chi connectivity index (χ0v) is 20.5. The Morgan fingerprint density at radius 2 is 1.76 bits per heavy atom. The summed E-state index contributed by atoms with van der Waals surface area (Å²) in [5, 5.41) is 7.63. The van der Waals surface area contributed by atoms with Crippen LogP contribution in [0.25, 0.3) is 5.69 Å². The molecule has 0 aliphatic carbocycles. The van der Waals surface area contributed by atoms with Gasteiger partial charge >= 0.3 is 5.97 Å². The van der Waals surface area contributed by atoms with Gasteiger partial charge in [0.05, 0.1) is 18.5 Å². The van der Waals surface area contributed by atoms with Gasteiger partial charge in [0, 0.05) is 30.8 Å². The smallest absolute Gasteiger partial charge is 0.305 e. The summed E-state index contributed by atoms with van der Waals surface area (Å²) < 4.78 is 6.60. The van der Waals surface area contributed by atoms with E-state index in [1.807, 2.05) is 61.0 Å². The predicted octanol–water partition coefficient (Wildman–Crippen LogP) is 3.85. The molecule has 1 N–H and O–H groups in total. The standard InChI is InChI=1S/C27H34N4O3/c1-20-25(15-16-26(32)34-4)21(2)31(29-20)24-13-11-23(12-14-24)27(33)28-17-8-18-30(3)19-22-9-6-5-7-10-22/h5-7,9-14H,8,15-19H2,1-4H3,(H,28,33). The molecule has 0 saturated heterocycles. The lowest BCUT2D eigenvalue weighted by Gasteiger charge is -2.16. The number of aryl methyl sites for hydroxylation is 1. The lowest BCUT2D eigenvalue weighted by Crippen LogP contribution is -2.28. The maximum absolute atomic E-state index is 12.5. The van der Waals surface area contributed by atoms with Crippen LogP contribution in [0.1, 0.15) is 45.7 Å². The van der Waals surface area contributed by atoms with E-state index in [4.69, 9.17) is 4.74 Å². The molecule has 0 spiro atoms. The van der Waals surface area contributed by atoms with Crippen molar-refractivity contribution in [3.63, 3.8) is 0 Å². The van der Waals surface area contributed by atoms with Gasteiger partial charge in [-0.2, -0.15) is 5.10 Å². The Bertz CT molecular complexity index is 1090. The molecule has 2 aromatic carbocycles. The van der Waals surface area contributed by atoms with Gasteiger partial charge < -0.3 is 15.0 Å². The van der Waals surface area contributed by atoms with Gasteiger partial charge in [0.2, 0.25) is 0 Å². The van der Waals surface area contributed by atoms with Gasteiger partial charge in [-0.25, -0.2) is 4.68 Å². The van der Waals surface area contributed by atoms with Crippen LogP contribution in [0, 0.1) is 13.8 Å². The monoisotopic (exact) mass is 462 g/mol. The normalized spacial score (nSPS) is 11.0. The maximum atomic E-state index is 12.5. The second kappa shape index (κ2) is 12.1. The molecule has 0 atom stereocenters. The quantitative estimate of drug-likeness (QED) is 0.346. The number of rotatable bonds is 11. The van der Waals surface area contributed by atoms with Gasteiger partial charge in [-0.15, -0.1) is 0 Å². The largest absolute Gasteiger partial charge is 0.469 e. The number of amides is 1. The molecule has 34 heavy (non-hydrogen) atoms. The SMILES string of the molecule is COC(=O)CCc1c(C)nn(-c2ccc(C(=O)NCCCN(C)Cc3ccccc3)cc2)c1C. The number of esters is 1. The van der Waals surface area contributed by atoms with E-state index in [1.54, 1.807) is 0 Å². The third-order valence-electron chi connectivity index (χ3n) is 5.92. The summed E-state index contributed by atoms with van der Waals surface area (Å²) in [6, 6.07) is 17.8. The number of nitrogens with zero attached hydrogens (tertiary/aromatic N) is 3. The average Bonchev–Trinajstić information content (AvgIpc) is 3.13. The van der Waals surface area contributed by atoms with E-state index >= 15 is 0 Å². The number of carbonyl (C=O) groups is 2. The van der Waals surface area contributed by atoms with Crippen molar-refractivity contribution in [2.75, 3.05) is 27.2 Å². The molecule has 0 fully saturated rings. The molecule has 180 valence electrons. The maximum Gasteiger partial charge on any atom is 0.305 e. The highest BCUT2D eigenvalue weighted by Crippen LogP contribution is 2.20. The Kier molecular flexibility index (Phi) is 8.99. The second-order valence-electron chi connectivity index (χ2n) is 8.52. The van der Waals surface area contributed by atoms with E-state index in [1.165, 1.54) is 12.7 Å². The first-order chi connectivity index (χ1) is 16.4. The predicted molar refractivity (Wildman–Crippen MR) is 133 cm³/mol. The first kappa shape index (κ1) is 25.2. The van der Waals surface area contributed by atoms with Crippen LogP contribution in [-0.4, -0.2) is 53.8 Å². The summed E-state index contributed by atoms with van der Waals surface area (Å²) in [6.07, 6.45) is 1.80. The van der Waals surface area contributed by atoms with Crippen molar-refractivity contribution >= 4 is 11.9 Å². The van der Waals surface area contributed by atoms with E-state index < -0.39 is 0 Å². The number of benzene rings is 2. The van der Waals surface area contributed by atoms with Crippen LogP contribution < -0.4 is 5.32 Å². The number of ether oxygens (including phenoxy) is 1. The van der Waals surface area contributed by atoms with Crippen LogP contribution >= 0.6 is 0 Å². The fourth-order valence-corrected chi connectivity index (χ4v) is 4.00. The van der Waals surface area contributed by atoms with Gasteiger partial charge in [-0.05, 0) is 75.7 Å². The van der Waals surface area contributed by atoms with Gasteiger partial charge in [0.25, 0.3) is 5.91 Å². The fraction of sp³-hybridized carbons (Fsp3) is 0.370. The highest BCUT2D eigenvalue weighted by Gasteiger charge is 2.15. The molecule has 3 aromatic rings. The molecule has 0 aliphatic rings. The third kappa shape index (κ3) is 6.78. The van der Waals surface area contributed by atoms with E-state index in [0.717, 1.165) is 42.1 Å². The molecule has 3 rings (SSSR count). The number of aromatic nitrogens is 2. The number of methoxy groups -OCH3 is 1. The van der Waals surface area contributed by atoms with E-state index in [2.05, 4.69) is 34.5 Å². The minimum absolute atomic E-state index is 0.0793. The highest BCUT2D eigenvalue weighted by atomic mass is 16.5. The van der Waals surface area contributed by atoms with Crippen LogP contribution in [0.4, 0.5) is 0 Å². The van der Waals surface area contributed by atoms with Gasteiger partial charge in [-0.3, -0.25) is 9.59 Å². The molecule has 0 aliphatic heterocycles. The Hall–Kier alpha value is -3.45. The number of hydrogen-bond acceptors (Lipinski definition) is 5. The van der Waals surface area contributed by atoms with Crippen molar-refractivity contribution in [1.29, 1.82) is 0 Å². The van der Waals surface area contributed by atoms with Gasteiger partial charge in [0.1, 0.15) is 0 Å². The van der Waals surface area contributed by atoms with Crippen molar-refractivity contribution in [2.45, 2.75) is 39.7 Å². The molecule has 7 nitrogen and oxygen atoms in total. The van der Waals surface area contributed by atoms with E-state index in [-0.39, 0.29) is 11.9 Å². The summed E-state index contributed by atoms with van der Waals surface area (Å²) in [7, 11) is 3.49. The summed E-state index contributed by atoms with van der Waals surface area (Å²) in [4.78, 5) is 26.3. The zero-order chi connectivity index (χ0) is 24.5. The van der Waals surface area contributed by atoms with Crippen LogP contribution in [0.3, 0.4) is 0 Å². The van der Waals surface area contributed by atoms with Gasteiger partial charge in [-0.1, -0.05) is 30.3 Å². The Morgan fingerprint density at radius 3 is 2.44 bits per heavy atom. The van der Waals surface area contributed by atoms with Crippen molar-refractivity contribution < 1.29 is 14.3 Å². The van der Waals surface area contributed by atoms with Crippen LogP contribution in [0.15, 0.2) is 54.6 Å². The van der Waals surface area contributed by atoms with E-state index in [0.29, 0.717) is 24.9 Å². The molecule has 0 bridgehead atoms. The van der Waals surface area contributed by atoms with Crippen LogP contribution in [-0.2, 0) is 22.5 Å². The molecule has 0 radical (unpaired) electrons. The summed E-state index contributed by atoms with van der Waals surface area (Å²) in [5.74, 6) is -0.311. The average molecular weight is 463 g/mol. The summed E-state index contributed by atoms with van der Waals surface area (Å²) in [5.41, 5.74) is 5.70. The van der Waals surface area contributed by atoms with Crippen molar-refractivity contribution in [3.05, 3.63) is 82.7 Å². The van der Waals surface area contributed by atoms with Gasteiger partial charge in [0.15, 0.2) is 0 Å². The third-order valence-corrected chi connectivity index (χ3v) is 5.92. The molecule has 1 aromatic heterocycles. The summed E-state index contributed by atoms with van der Waals surface area (Å²) in [6.45, 7) is 6.36. The zero-order valence-electron chi connectivity index (χ0n) is 20.5. The Balaban J connectivity index is 1.50. The number of hydrogen-bond donors (Lipinski definition) is 1. The van der Waals surface area contributed by atoms with Crippen molar-refractivity contribution in [1.82, 2.24) is 20.0 Å². The van der Waals surface area contributed by atoms with Crippen LogP contribution in [0.5, 0.6) is 0 Å². The number of carbonyl (C=O) groups excluding carboxylic acids is 2. The minimum atomic E-state index is -0.232. The fourth-order valence-electron chi connectivity index (χ4n) is 4.00. The lowest BCUT2D eigenvalue weighted by atomic mass is 10.1. The second-order valence-corrected chi connectivity index (χ2v) is 8.52. The van der Waals surface area contributed by atoms with Crippen molar-refractivity contribution in [3.8, 4) is 5.69 Å². The Labute approximate surface area is 201 Å². The van der Waals surface area contributed by atoms with Crippen LogP contribution in [0.2, 0.25) is 0 Å². The molecule has 0 unspecified atom stereocenters. The molecular formula is C27H34N4O3.